The summed E-state index contributed by atoms with van der Waals surface area (Å²) in [5.74, 6) is 1.53. The van der Waals surface area contributed by atoms with Gasteiger partial charge in [-0.05, 0) is 62.8 Å². The zero-order valence-electron chi connectivity index (χ0n) is 52.9. The van der Waals surface area contributed by atoms with E-state index in [2.05, 4.69) is 0 Å². The van der Waals surface area contributed by atoms with Crippen LogP contribution in [0.25, 0.3) is 0 Å². The van der Waals surface area contributed by atoms with Gasteiger partial charge < -0.3 is 37.5 Å². The van der Waals surface area contributed by atoms with Crippen LogP contribution in [0.15, 0.2) is 255 Å². The lowest BCUT2D eigenvalue weighted by atomic mass is 10.0. The predicted molar refractivity (Wildman–Crippen MR) is 358 cm³/mol. The summed E-state index contributed by atoms with van der Waals surface area (Å²) in [5.41, 5.74) is 7.63. The van der Waals surface area contributed by atoms with E-state index in [9.17, 15) is 18.7 Å². The van der Waals surface area contributed by atoms with E-state index in [-0.39, 0.29) is 65.5 Å². The van der Waals surface area contributed by atoms with Crippen molar-refractivity contribution in [2.45, 2.75) is 95.9 Å². The van der Waals surface area contributed by atoms with Gasteiger partial charge in [0.25, 0.3) is 0 Å². The SMILES string of the molecule is COP(C)(=O)/C=C/[C@@H](OCc1ccccc1)[C@@H](OCc1ccccc1)[C@@H](CN(C=O)OCc1ccccc1)OCc1ccccc1.COP(C)(=O)CC[C@@H](OCc1ccccc1)[C@@H](OCc1ccccc1)[C@@H](CN(C=O)OCc1ccccc1)OCc1ccccc1. The maximum atomic E-state index is 13.1. The van der Waals surface area contributed by atoms with E-state index in [1.807, 2.05) is 243 Å². The first-order valence-electron chi connectivity index (χ1n) is 30.6. The Hall–Kier alpha value is -7.50. The van der Waals surface area contributed by atoms with Crippen molar-refractivity contribution < 1.29 is 65.9 Å². The maximum Gasteiger partial charge on any atom is 0.233 e. The Morgan fingerprint density at radius 2 is 0.641 bits per heavy atom. The van der Waals surface area contributed by atoms with E-state index < -0.39 is 51.4 Å². The highest BCUT2D eigenvalue weighted by Gasteiger charge is 2.37. The van der Waals surface area contributed by atoms with E-state index in [1.165, 1.54) is 36.8 Å². The van der Waals surface area contributed by atoms with Gasteiger partial charge in [0, 0.05) is 33.7 Å². The van der Waals surface area contributed by atoms with Crippen LogP contribution in [0.2, 0.25) is 0 Å². The predicted octanol–water partition coefficient (Wildman–Crippen LogP) is 14.7. The van der Waals surface area contributed by atoms with Crippen molar-refractivity contribution in [3.63, 3.8) is 0 Å². The molecule has 0 aromatic heterocycles. The average molecular weight is 1290 g/mol. The number of carbonyl (C=O) groups excluding carboxylic acids is 2. The van der Waals surface area contributed by atoms with Crippen LogP contribution in [0.3, 0.4) is 0 Å². The van der Waals surface area contributed by atoms with E-state index in [0.717, 1.165) is 44.5 Å². The first-order valence-corrected chi connectivity index (χ1v) is 35.0. The molecule has 8 rings (SSSR count). The second-order valence-electron chi connectivity index (χ2n) is 21.9. The van der Waals surface area contributed by atoms with Gasteiger partial charge in [0.05, 0.1) is 58.8 Å². The summed E-state index contributed by atoms with van der Waals surface area (Å²) in [6.45, 7) is 5.29. The molecule has 0 aliphatic heterocycles. The van der Waals surface area contributed by atoms with Crippen molar-refractivity contribution in [1.82, 2.24) is 10.1 Å². The van der Waals surface area contributed by atoms with Gasteiger partial charge in [-0.2, -0.15) is 0 Å². The smallest absolute Gasteiger partial charge is 0.233 e. The first kappa shape index (κ1) is 71.9. The summed E-state index contributed by atoms with van der Waals surface area (Å²) >= 11 is 0. The van der Waals surface area contributed by atoms with Gasteiger partial charge in [-0.1, -0.05) is 243 Å². The molecule has 0 spiro atoms. The van der Waals surface area contributed by atoms with Crippen molar-refractivity contribution in [1.29, 1.82) is 0 Å². The van der Waals surface area contributed by atoms with Crippen LogP contribution in [-0.2, 0) is 119 Å². The van der Waals surface area contributed by atoms with Crippen molar-refractivity contribution >= 4 is 27.6 Å². The molecule has 8 atom stereocenters. The molecule has 8 aromatic carbocycles. The summed E-state index contributed by atoms with van der Waals surface area (Å²) in [7, 11) is -3.07. The molecule has 486 valence electrons. The fraction of sp³-hybridized carbons (Fsp3) is 0.297. The summed E-state index contributed by atoms with van der Waals surface area (Å²) in [6.07, 6.45) is -0.483. The minimum Gasteiger partial charge on any atom is -0.371 e. The molecule has 0 N–H and O–H groups in total. The zero-order chi connectivity index (χ0) is 64.9. The molecule has 0 radical (unpaired) electrons. The zero-order valence-corrected chi connectivity index (χ0v) is 54.6. The number of hydrogen-bond donors (Lipinski definition) is 0. The monoisotopic (exact) mass is 1290 g/mol. The molecule has 0 fully saturated rings. The number of rotatable bonds is 41. The fourth-order valence-corrected chi connectivity index (χ4v) is 10.9. The topological polar surface area (TPSA) is 167 Å². The number of nitrogens with zero attached hydrogens (tertiary/aromatic N) is 2. The van der Waals surface area contributed by atoms with Crippen molar-refractivity contribution in [2.24, 2.45) is 0 Å². The minimum absolute atomic E-state index is 0.0374. The summed E-state index contributed by atoms with van der Waals surface area (Å²) in [5, 5.41) is 2.47. The molecule has 0 heterocycles. The highest BCUT2D eigenvalue weighted by molar-refractivity contribution is 7.61. The molecule has 92 heavy (non-hydrogen) atoms. The molecule has 2 unspecified atom stereocenters. The second-order valence-corrected chi connectivity index (χ2v) is 27.2. The Labute approximate surface area is 542 Å². The Bertz CT molecular complexity index is 3390. The Balaban J connectivity index is 0.000000261. The second kappa shape index (κ2) is 40.5. The standard InChI is InChI=1S/C37H44NO7P.C37H42NO7P/c2*1-41-46(2,40)24-23-35(42-26-31-15-7-3-8-16-31)37(44-28-33-19-11-5-12-20-33)36(43-27-32-17-9-4-10-18-32)25-38(30-39)45-29-34-21-13-6-14-22-34/h3-22,30,35-37H,23-29H2,1-2H3;3-24,30,35-37H,25-29H2,1-2H3/b;24-23+/t2*35-,36-,37-,46?/m11/s1. The molecule has 0 saturated heterocycles. The summed E-state index contributed by atoms with van der Waals surface area (Å²) in [4.78, 5) is 36.5. The number of ether oxygens (including phenoxy) is 6. The van der Waals surface area contributed by atoms with Gasteiger partial charge in [0.15, 0.2) is 7.37 Å². The van der Waals surface area contributed by atoms with Crippen LogP contribution in [0.4, 0.5) is 0 Å². The first-order chi connectivity index (χ1) is 44.9. The lowest BCUT2D eigenvalue weighted by Gasteiger charge is -2.35. The summed E-state index contributed by atoms with van der Waals surface area (Å²) in [6, 6.07) is 78.0. The quantitative estimate of drug-likeness (QED) is 0.0202. The Morgan fingerprint density at radius 3 is 0.957 bits per heavy atom. The van der Waals surface area contributed by atoms with Gasteiger partial charge in [-0.3, -0.25) is 28.4 Å². The Kier molecular flexibility index (Phi) is 31.6. The molecule has 2 amide bonds. The molecule has 0 aliphatic rings. The molecule has 0 bridgehead atoms. The summed E-state index contributed by atoms with van der Waals surface area (Å²) < 4.78 is 76.0. The van der Waals surface area contributed by atoms with Crippen molar-refractivity contribution in [3.05, 3.63) is 299 Å². The van der Waals surface area contributed by atoms with Crippen molar-refractivity contribution in [3.8, 4) is 0 Å². The van der Waals surface area contributed by atoms with Crippen LogP contribution in [0.5, 0.6) is 0 Å². The maximum absolute atomic E-state index is 13.1. The van der Waals surface area contributed by atoms with E-state index in [1.54, 1.807) is 12.7 Å². The van der Waals surface area contributed by atoms with Crippen LogP contribution < -0.4 is 0 Å². The van der Waals surface area contributed by atoms with Gasteiger partial charge in [0.2, 0.25) is 20.2 Å². The van der Waals surface area contributed by atoms with E-state index in [4.69, 9.17) is 47.1 Å². The lowest BCUT2D eigenvalue weighted by Crippen LogP contribution is -2.48. The molecular weight excluding hydrogens is 1200 g/mol. The number of hydroxylamine groups is 4. The lowest BCUT2D eigenvalue weighted by molar-refractivity contribution is -0.208. The third-order valence-electron chi connectivity index (χ3n) is 14.7. The average Bonchev–Trinajstić information content (AvgIpc) is 2.00. The van der Waals surface area contributed by atoms with Crippen LogP contribution in [0.1, 0.15) is 50.9 Å². The number of hydrogen-bond acceptors (Lipinski definition) is 14. The molecule has 0 aliphatic carbocycles. The third-order valence-corrected chi connectivity index (χ3v) is 18.0. The number of carbonyl (C=O) groups is 2. The normalized spacial score (nSPS) is 14.7. The van der Waals surface area contributed by atoms with E-state index in [0.29, 0.717) is 25.8 Å². The highest BCUT2D eigenvalue weighted by atomic mass is 31.2. The van der Waals surface area contributed by atoms with Gasteiger partial charge in [-0.15, -0.1) is 0 Å². The van der Waals surface area contributed by atoms with Gasteiger partial charge in [0.1, 0.15) is 43.7 Å². The van der Waals surface area contributed by atoms with Crippen LogP contribution in [0, 0.1) is 0 Å². The molecular formula is C74H86N2O14P2. The largest absolute Gasteiger partial charge is 0.371 e. The molecule has 0 saturated carbocycles. The molecule has 8 aromatic rings. The van der Waals surface area contributed by atoms with Gasteiger partial charge >= 0.3 is 0 Å². The number of amides is 2. The number of benzene rings is 8. The van der Waals surface area contributed by atoms with Crippen molar-refractivity contribution in [2.75, 3.05) is 46.8 Å². The molecule has 16 nitrogen and oxygen atoms in total. The molecule has 18 heteroatoms. The van der Waals surface area contributed by atoms with Crippen LogP contribution >= 0.6 is 14.7 Å². The third kappa shape index (κ3) is 27.0. The highest BCUT2D eigenvalue weighted by Crippen LogP contribution is 2.44. The van der Waals surface area contributed by atoms with Crippen LogP contribution in [-0.4, -0.2) is 106 Å². The van der Waals surface area contributed by atoms with Gasteiger partial charge in [-0.25, -0.2) is 10.1 Å². The van der Waals surface area contributed by atoms with E-state index >= 15 is 0 Å². The fourth-order valence-electron chi connectivity index (χ4n) is 9.43. The minimum atomic E-state index is -3.06. The Morgan fingerprint density at radius 1 is 0.359 bits per heavy atom.